The Kier molecular flexibility index (Phi) is 5.62. The zero-order valence-electron chi connectivity index (χ0n) is 11.8. The Morgan fingerprint density at radius 3 is 2.86 bits per heavy atom. The molecule has 1 heterocycles. The Balaban J connectivity index is 2.03. The zero-order valence-corrected chi connectivity index (χ0v) is 14.1. The van der Waals surface area contributed by atoms with Gasteiger partial charge < -0.3 is 5.32 Å². The standard InChI is InChI=1S/C15H16Cl2N2OS/c1-9(2)5-14(20)19-15-18-8-12(21-15)7-10-6-11(16)3-4-13(10)17/h3-4,6,8-9H,5,7H2,1-2H3,(H,18,19,20). The molecule has 0 saturated heterocycles. The molecule has 3 nitrogen and oxygen atoms in total. The number of carbonyl (C=O) groups is 1. The van der Waals surface area contributed by atoms with Gasteiger partial charge in [0.2, 0.25) is 5.91 Å². The van der Waals surface area contributed by atoms with Gasteiger partial charge in [-0.15, -0.1) is 11.3 Å². The minimum atomic E-state index is -0.00770. The van der Waals surface area contributed by atoms with Crippen LogP contribution in [-0.4, -0.2) is 10.9 Å². The molecule has 0 aliphatic carbocycles. The summed E-state index contributed by atoms with van der Waals surface area (Å²) < 4.78 is 0. The molecular weight excluding hydrogens is 327 g/mol. The van der Waals surface area contributed by atoms with Crippen molar-refractivity contribution in [2.75, 3.05) is 5.32 Å². The van der Waals surface area contributed by atoms with Gasteiger partial charge >= 0.3 is 0 Å². The summed E-state index contributed by atoms with van der Waals surface area (Å²) in [5.41, 5.74) is 0.952. The highest BCUT2D eigenvalue weighted by molar-refractivity contribution is 7.15. The average molecular weight is 343 g/mol. The number of nitrogens with zero attached hydrogens (tertiary/aromatic N) is 1. The molecule has 2 aromatic rings. The van der Waals surface area contributed by atoms with Gasteiger partial charge in [-0.1, -0.05) is 37.0 Å². The molecule has 0 radical (unpaired) electrons. The maximum atomic E-state index is 11.7. The molecule has 0 bridgehead atoms. The molecule has 0 unspecified atom stereocenters. The van der Waals surface area contributed by atoms with Crippen LogP contribution in [-0.2, 0) is 11.2 Å². The lowest BCUT2D eigenvalue weighted by molar-refractivity contribution is -0.116. The Bertz CT molecular complexity index is 640. The van der Waals surface area contributed by atoms with Crippen molar-refractivity contribution in [3.8, 4) is 0 Å². The number of amides is 1. The minimum Gasteiger partial charge on any atom is -0.302 e. The van der Waals surface area contributed by atoms with Crippen molar-refractivity contribution in [3.05, 3.63) is 44.9 Å². The van der Waals surface area contributed by atoms with Crippen LogP contribution in [0.4, 0.5) is 5.13 Å². The monoisotopic (exact) mass is 342 g/mol. The summed E-state index contributed by atoms with van der Waals surface area (Å²) >= 11 is 13.6. The predicted octanol–water partition coefficient (Wildman–Crippen LogP) is 5.03. The van der Waals surface area contributed by atoms with Crippen LogP contribution in [0.2, 0.25) is 10.0 Å². The smallest absolute Gasteiger partial charge is 0.226 e. The van der Waals surface area contributed by atoms with Crippen LogP contribution in [0, 0.1) is 5.92 Å². The second-order valence-corrected chi connectivity index (χ2v) is 7.15. The van der Waals surface area contributed by atoms with Crippen LogP contribution in [0.1, 0.15) is 30.7 Å². The summed E-state index contributed by atoms with van der Waals surface area (Å²) in [6.45, 7) is 4.02. The van der Waals surface area contributed by atoms with Crippen molar-refractivity contribution in [1.29, 1.82) is 0 Å². The van der Waals surface area contributed by atoms with E-state index >= 15 is 0 Å². The zero-order chi connectivity index (χ0) is 15.4. The number of rotatable bonds is 5. The van der Waals surface area contributed by atoms with Crippen LogP contribution in [0.25, 0.3) is 0 Å². The van der Waals surface area contributed by atoms with Crippen LogP contribution >= 0.6 is 34.5 Å². The SMILES string of the molecule is CC(C)CC(=O)Nc1ncc(Cc2cc(Cl)ccc2Cl)s1. The third-order valence-electron chi connectivity index (χ3n) is 2.77. The first-order chi connectivity index (χ1) is 9.94. The molecule has 0 fully saturated rings. The van der Waals surface area contributed by atoms with Gasteiger partial charge in [-0.25, -0.2) is 4.98 Å². The van der Waals surface area contributed by atoms with E-state index in [9.17, 15) is 4.79 Å². The van der Waals surface area contributed by atoms with E-state index in [-0.39, 0.29) is 5.91 Å². The maximum absolute atomic E-state index is 11.7. The van der Waals surface area contributed by atoms with Gasteiger partial charge in [0, 0.05) is 34.0 Å². The topological polar surface area (TPSA) is 42.0 Å². The minimum absolute atomic E-state index is 0.00770. The van der Waals surface area contributed by atoms with E-state index in [4.69, 9.17) is 23.2 Å². The molecule has 1 amide bonds. The van der Waals surface area contributed by atoms with E-state index < -0.39 is 0 Å². The number of hydrogen-bond acceptors (Lipinski definition) is 3. The molecule has 1 N–H and O–H groups in total. The van der Waals surface area contributed by atoms with Gasteiger partial charge in [0.05, 0.1) is 0 Å². The fourth-order valence-electron chi connectivity index (χ4n) is 1.85. The first-order valence-corrected chi connectivity index (χ1v) is 8.19. The normalized spacial score (nSPS) is 10.9. The summed E-state index contributed by atoms with van der Waals surface area (Å²) in [5.74, 6) is 0.321. The van der Waals surface area contributed by atoms with Crippen LogP contribution in [0.5, 0.6) is 0 Å². The molecule has 1 aromatic heterocycles. The molecule has 2 rings (SSSR count). The van der Waals surface area contributed by atoms with Crippen molar-refractivity contribution >= 4 is 45.6 Å². The Morgan fingerprint density at radius 1 is 1.38 bits per heavy atom. The van der Waals surface area contributed by atoms with E-state index in [0.717, 1.165) is 10.4 Å². The van der Waals surface area contributed by atoms with E-state index in [1.807, 2.05) is 19.9 Å². The van der Waals surface area contributed by atoms with Crippen molar-refractivity contribution in [3.63, 3.8) is 0 Å². The lowest BCUT2D eigenvalue weighted by Gasteiger charge is -2.04. The van der Waals surface area contributed by atoms with Gasteiger partial charge in [0.15, 0.2) is 5.13 Å². The Morgan fingerprint density at radius 2 is 2.14 bits per heavy atom. The highest BCUT2D eigenvalue weighted by atomic mass is 35.5. The molecule has 0 aliphatic heterocycles. The lowest BCUT2D eigenvalue weighted by atomic mass is 10.1. The molecule has 0 atom stereocenters. The molecule has 0 saturated carbocycles. The average Bonchev–Trinajstić information content (AvgIpc) is 2.80. The van der Waals surface area contributed by atoms with Gasteiger partial charge in [-0.05, 0) is 29.7 Å². The van der Waals surface area contributed by atoms with Crippen molar-refractivity contribution < 1.29 is 4.79 Å². The fourth-order valence-corrected chi connectivity index (χ4v) is 3.09. The second-order valence-electron chi connectivity index (χ2n) is 5.19. The van der Waals surface area contributed by atoms with Gasteiger partial charge in [-0.3, -0.25) is 4.79 Å². The maximum Gasteiger partial charge on any atom is 0.226 e. The number of carbonyl (C=O) groups excluding carboxylic acids is 1. The van der Waals surface area contributed by atoms with Gasteiger partial charge in [0.25, 0.3) is 0 Å². The molecule has 6 heteroatoms. The van der Waals surface area contributed by atoms with E-state index in [1.165, 1.54) is 11.3 Å². The Hall–Kier alpha value is -1.10. The predicted molar refractivity (Wildman–Crippen MR) is 89.5 cm³/mol. The number of thiazole rings is 1. The summed E-state index contributed by atoms with van der Waals surface area (Å²) in [5, 5.41) is 4.77. The van der Waals surface area contributed by atoms with E-state index in [0.29, 0.717) is 33.9 Å². The van der Waals surface area contributed by atoms with Crippen LogP contribution < -0.4 is 5.32 Å². The van der Waals surface area contributed by atoms with E-state index in [2.05, 4.69) is 10.3 Å². The number of nitrogens with one attached hydrogen (secondary N) is 1. The number of benzene rings is 1. The largest absolute Gasteiger partial charge is 0.302 e. The quantitative estimate of drug-likeness (QED) is 0.828. The highest BCUT2D eigenvalue weighted by Gasteiger charge is 2.10. The first-order valence-electron chi connectivity index (χ1n) is 6.62. The molecule has 1 aromatic carbocycles. The van der Waals surface area contributed by atoms with Gasteiger partial charge in [0.1, 0.15) is 0 Å². The Labute approximate surface area is 138 Å². The van der Waals surface area contributed by atoms with Crippen molar-refractivity contribution in [2.45, 2.75) is 26.7 Å². The third-order valence-corrected chi connectivity index (χ3v) is 4.28. The van der Waals surface area contributed by atoms with E-state index in [1.54, 1.807) is 18.3 Å². The summed E-state index contributed by atoms with van der Waals surface area (Å²) in [4.78, 5) is 17.0. The second kappa shape index (κ2) is 7.25. The highest BCUT2D eigenvalue weighted by Crippen LogP contribution is 2.27. The summed E-state index contributed by atoms with van der Waals surface area (Å²) in [6.07, 6.45) is 2.90. The third kappa shape index (κ3) is 4.99. The number of hydrogen-bond donors (Lipinski definition) is 1. The molecule has 0 aliphatic rings. The number of anilines is 1. The van der Waals surface area contributed by atoms with Crippen LogP contribution in [0.3, 0.4) is 0 Å². The number of aromatic nitrogens is 1. The molecule has 21 heavy (non-hydrogen) atoms. The fraction of sp³-hybridized carbons (Fsp3) is 0.333. The lowest BCUT2D eigenvalue weighted by Crippen LogP contribution is -2.13. The first kappa shape index (κ1) is 16.3. The van der Waals surface area contributed by atoms with Gasteiger partial charge in [-0.2, -0.15) is 0 Å². The molecular formula is C15H16Cl2N2OS. The molecule has 112 valence electrons. The van der Waals surface area contributed by atoms with Crippen molar-refractivity contribution in [2.24, 2.45) is 5.92 Å². The van der Waals surface area contributed by atoms with Crippen molar-refractivity contribution in [1.82, 2.24) is 4.98 Å². The summed E-state index contributed by atoms with van der Waals surface area (Å²) in [6, 6.07) is 5.39. The molecule has 0 spiro atoms. The number of halogens is 2. The summed E-state index contributed by atoms with van der Waals surface area (Å²) in [7, 11) is 0. The van der Waals surface area contributed by atoms with Crippen LogP contribution in [0.15, 0.2) is 24.4 Å².